The first-order valence-corrected chi connectivity index (χ1v) is 8.46. The lowest BCUT2D eigenvalue weighted by Crippen LogP contribution is -2.47. The van der Waals surface area contributed by atoms with E-state index in [9.17, 15) is 22.9 Å². The zero-order valence-corrected chi connectivity index (χ0v) is 14.0. The van der Waals surface area contributed by atoms with Crippen molar-refractivity contribution in [3.05, 3.63) is 32.5 Å². The van der Waals surface area contributed by atoms with E-state index in [4.69, 9.17) is 0 Å². The van der Waals surface area contributed by atoms with Gasteiger partial charge in [0.1, 0.15) is 11.5 Å². The Morgan fingerprint density at radius 1 is 1.43 bits per heavy atom. The van der Waals surface area contributed by atoms with Gasteiger partial charge in [0.2, 0.25) is 10.0 Å². The predicted molar refractivity (Wildman–Crippen MR) is 81.3 cm³/mol. The van der Waals surface area contributed by atoms with Crippen molar-refractivity contribution in [2.75, 3.05) is 18.1 Å². The van der Waals surface area contributed by atoms with Gasteiger partial charge in [0.05, 0.1) is 15.7 Å². The van der Waals surface area contributed by atoms with Crippen LogP contribution in [0.2, 0.25) is 0 Å². The highest BCUT2D eigenvalue weighted by Crippen LogP contribution is 2.30. The van der Waals surface area contributed by atoms with Gasteiger partial charge in [-0.2, -0.15) is 0 Å². The highest BCUT2D eigenvalue weighted by molar-refractivity contribution is 9.10. The number of nitrogens with zero attached hydrogens (tertiary/aromatic N) is 1. The zero-order chi connectivity index (χ0) is 16.4. The van der Waals surface area contributed by atoms with Gasteiger partial charge in [0.15, 0.2) is 0 Å². The number of nitro groups is 1. The van der Waals surface area contributed by atoms with Gasteiger partial charge in [-0.25, -0.2) is 17.5 Å². The number of nitro benzene ring substituents is 1. The molecule has 0 saturated carbocycles. The molecular formula is C11H15BrFN3O4S. The van der Waals surface area contributed by atoms with E-state index in [0.717, 1.165) is 18.4 Å². The molecular weight excluding hydrogens is 369 g/mol. The van der Waals surface area contributed by atoms with Crippen molar-refractivity contribution in [1.29, 1.82) is 0 Å². The minimum atomic E-state index is -3.43. The molecule has 0 radical (unpaired) electrons. The van der Waals surface area contributed by atoms with Crippen molar-refractivity contribution >= 4 is 37.3 Å². The summed E-state index contributed by atoms with van der Waals surface area (Å²) in [4.78, 5) is 10.3. The second-order valence-corrected chi connectivity index (χ2v) is 7.76. The van der Waals surface area contributed by atoms with Crippen molar-refractivity contribution < 1.29 is 17.7 Å². The normalized spacial score (nSPS) is 12.2. The second kappa shape index (κ2) is 6.24. The monoisotopic (exact) mass is 383 g/mol. The van der Waals surface area contributed by atoms with Crippen LogP contribution in [0, 0.1) is 15.9 Å². The van der Waals surface area contributed by atoms with Gasteiger partial charge in [0, 0.05) is 24.2 Å². The van der Waals surface area contributed by atoms with Gasteiger partial charge in [-0.3, -0.25) is 10.1 Å². The Morgan fingerprint density at radius 3 is 2.48 bits per heavy atom. The van der Waals surface area contributed by atoms with Crippen molar-refractivity contribution in [2.45, 2.75) is 19.4 Å². The molecule has 10 heteroatoms. The van der Waals surface area contributed by atoms with E-state index in [1.165, 1.54) is 0 Å². The fraction of sp³-hybridized carbons (Fsp3) is 0.455. The standard InChI is InChI=1S/C11H15BrFN3O4S/c1-11(2,15-21(3,19)20)6-14-9-5-8(13)7(12)4-10(9)16(17)18/h4-5,14-15H,6H2,1-3H3. The van der Waals surface area contributed by atoms with Crippen molar-refractivity contribution in [1.82, 2.24) is 4.72 Å². The largest absolute Gasteiger partial charge is 0.378 e. The fourth-order valence-corrected chi connectivity index (χ4v) is 3.09. The first-order chi connectivity index (χ1) is 9.41. The molecule has 0 spiro atoms. The van der Waals surface area contributed by atoms with Gasteiger partial charge in [-0.1, -0.05) is 0 Å². The first kappa shape index (κ1) is 17.8. The van der Waals surface area contributed by atoms with Gasteiger partial charge in [0.25, 0.3) is 5.69 Å². The summed E-state index contributed by atoms with van der Waals surface area (Å²) in [5.74, 6) is -0.656. The molecule has 0 unspecified atom stereocenters. The van der Waals surface area contributed by atoms with E-state index in [1.807, 2.05) is 0 Å². The number of halogens is 2. The third-order valence-corrected chi connectivity index (χ3v) is 3.95. The third kappa shape index (κ3) is 5.56. The van der Waals surface area contributed by atoms with E-state index in [0.29, 0.717) is 0 Å². The maximum Gasteiger partial charge on any atom is 0.293 e. The maximum atomic E-state index is 13.5. The molecule has 1 aromatic rings. The molecule has 0 aliphatic carbocycles. The van der Waals surface area contributed by atoms with Gasteiger partial charge in [-0.05, 0) is 29.8 Å². The van der Waals surface area contributed by atoms with E-state index in [2.05, 4.69) is 26.0 Å². The average molecular weight is 384 g/mol. The molecule has 0 heterocycles. The van der Waals surface area contributed by atoms with Crippen molar-refractivity contribution in [3.8, 4) is 0 Å². The number of hydrogen-bond donors (Lipinski definition) is 2. The van der Waals surface area contributed by atoms with Gasteiger partial charge < -0.3 is 5.32 Å². The number of benzene rings is 1. The predicted octanol–water partition coefficient (Wildman–Crippen LogP) is 2.24. The van der Waals surface area contributed by atoms with E-state index in [1.54, 1.807) is 13.8 Å². The number of hydrogen-bond acceptors (Lipinski definition) is 5. The van der Waals surface area contributed by atoms with Crippen LogP contribution in [0.15, 0.2) is 16.6 Å². The maximum absolute atomic E-state index is 13.5. The van der Waals surface area contributed by atoms with Crippen LogP contribution in [0.5, 0.6) is 0 Å². The molecule has 0 bridgehead atoms. The molecule has 0 aromatic heterocycles. The molecule has 7 nitrogen and oxygen atoms in total. The Morgan fingerprint density at radius 2 is 2.00 bits per heavy atom. The number of sulfonamides is 1. The lowest BCUT2D eigenvalue weighted by molar-refractivity contribution is -0.384. The number of nitrogens with one attached hydrogen (secondary N) is 2. The molecule has 0 saturated heterocycles. The third-order valence-electron chi connectivity index (χ3n) is 2.42. The topological polar surface area (TPSA) is 101 Å². The summed E-state index contributed by atoms with van der Waals surface area (Å²) >= 11 is 2.88. The minimum absolute atomic E-state index is 0.0201. The number of anilines is 1. The molecule has 1 aromatic carbocycles. The smallest absolute Gasteiger partial charge is 0.293 e. The Balaban J connectivity index is 2.98. The quantitative estimate of drug-likeness (QED) is 0.579. The molecule has 0 aliphatic rings. The van der Waals surface area contributed by atoms with E-state index >= 15 is 0 Å². The molecule has 2 N–H and O–H groups in total. The Labute approximate surface area is 130 Å². The van der Waals surface area contributed by atoms with Crippen molar-refractivity contribution in [3.63, 3.8) is 0 Å². The summed E-state index contributed by atoms with van der Waals surface area (Å²) in [6.45, 7) is 3.24. The fourth-order valence-electron chi connectivity index (χ4n) is 1.68. The lowest BCUT2D eigenvalue weighted by atomic mass is 10.1. The SMILES string of the molecule is CC(C)(CNc1cc(F)c(Br)cc1[N+](=O)[O-])NS(C)(=O)=O. The molecule has 1 rings (SSSR count). The Hall–Kier alpha value is -1.26. The van der Waals surface area contributed by atoms with Crippen LogP contribution in [0.4, 0.5) is 15.8 Å². The highest BCUT2D eigenvalue weighted by atomic mass is 79.9. The van der Waals surface area contributed by atoms with Crippen LogP contribution >= 0.6 is 15.9 Å². The second-order valence-electron chi connectivity index (χ2n) is 5.15. The van der Waals surface area contributed by atoms with E-state index in [-0.39, 0.29) is 22.4 Å². The van der Waals surface area contributed by atoms with Gasteiger partial charge >= 0.3 is 0 Å². The van der Waals surface area contributed by atoms with Crippen LogP contribution in [0.3, 0.4) is 0 Å². The zero-order valence-electron chi connectivity index (χ0n) is 11.6. The van der Waals surface area contributed by atoms with Crippen LogP contribution in [0.1, 0.15) is 13.8 Å². The summed E-state index contributed by atoms with van der Waals surface area (Å²) in [6.07, 6.45) is 1.01. The first-order valence-electron chi connectivity index (χ1n) is 5.77. The van der Waals surface area contributed by atoms with Crippen molar-refractivity contribution in [2.24, 2.45) is 0 Å². The molecule has 0 atom stereocenters. The molecule has 21 heavy (non-hydrogen) atoms. The summed E-state index contributed by atoms with van der Waals surface area (Å²) in [5.41, 5.74) is -1.23. The minimum Gasteiger partial charge on any atom is -0.378 e. The van der Waals surface area contributed by atoms with Crippen LogP contribution in [0.25, 0.3) is 0 Å². The summed E-state index contributed by atoms with van der Waals surface area (Å²) in [5, 5.41) is 13.6. The van der Waals surface area contributed by atoms with Crippen LogP contribution in [-0.2, 0) is 10.0 Å². The van der Waals surface area contributed by atoms with Gasteiger partial charge in [-0.15, -0.1) is 0 Å². The molecule has 0 fully saturated rings. The lowest BCUT2D eigenvalue weighted by Gasteiger charge is -2.25. The Bertz CT molecular complexity index is 664. The van der Waals surface area contributed by atoms with Crippen LogP contribution in [-0.4, -0.2) is 31.7 Å². The number of rotatable bonds is 6. The average Bonchev–Trinajstić information content (AvgIpc) is 2.26. The Kier molecular flexibility index (Phi) is 5.29. The highest BCUT2D eigenvalue weighted by Gasteiger charge is 2.24. The molecule has 118 valence electrons. The summed E-state index contributed by atoms with van der Waals surface area (Å²) in [7, 11) is -3.43. The van der Waals surface area contributed by atoms with E-state index < -0.39 is 26.3 Å². The molecule has 0 amide bonds. The summed E-state index contributed by atoms with van der Waals surface area (Å²) < 4.78 is 38.3. The summed E-state index contributed by atoms with van der Waals surface area (Å²) in [6, 6.07) is 2.04. The molecule has 0 aliphatic heterocycles. The van der Waals surface area contributed by atoms with Crippen LogP contribution < -0.4 is 10.0 Å².